The number of piperazine rings is 1. The van der Waals surface area contributed by atoms with Gasteiger partial charge in [-0.1, -0.05) is 79.7 Å². The van der Waals surface area contributed by atoms with Gasteiger partial charge in [-0.3, -0.25) is 15.6 Å². The van der Waals surface area contributed by atoms with Crippen molar-refractivity contribution < 1.29 is 4.79 Å². The summed E-state index contributed by atoms with van der Waals surface area (Å²) in [5, 5.41) is 27.1. The molecule has 1 aliphatic rings. The lowest BCUT2D eigenvalue weighted by atomic mass is 10.1. The Bertz CT molecular complexity index is 1390. The third-order valence-corrected chi connectivity index (χ3v) is 7.31. The summed E-state index contributed by atoms with van der Waals surface area (Å²) >= 11 is 0. The van der Waals surface area contributed by atoms with E-state index >= 15 is 0 Å². The SMILES string of the molecule is CC1CNCCN1.CCc1ccc(CN(C(=N)CCc2ccccc2)C(=N)CNC=O)cc1.Cc1c[nH]c2ccccc12. The number of benzene rings is 3. The number of carbonyl (C=O) groups is 1. The van der Waals surface area contributed by atoms with Crippen LogP contribution in [0.2, 0.25) is 0 Å². The number of amidine groups is 2. The minimum atomic E-state index is 0.115. The van der Waals surface area contributed by atoms with Crippen LogP contribution in [-0.4, -0.2) is 60.2 Å². The first-order valence-electron chi connectivity index (χ1n) is 15.1. The molecule has 1 amide bonds. The van der Waals surface area contributed by atoms with Crippen LogP contribution < -0.4 is 16.0 Å². The summed E-state index contributed by atoms with van der Waals surface area (Å²) in [5.74, 6) is 0.598. The standard InChI is InChI=1S/C21H26N4O.C9H9N.C5H12N2/c1-2-17-8-10-19(11-9-17)15-25(21(23)14-24-16-26)20(22)13-12-18-6-4-3-5-7-18;1-7-6-10-9-5-3-2-4-8(7)9;1-5-4-6-2-3-7-5/h3-11,16,22-23H,2,12-15H2,1H3,(H,24,26);2-6,10H,1H3;5-7H,2-4H2,1H3. The molecule has 8 heteroatoms. The fourth-order valence-corrected chi connectivity index (χ4v) is 4.71. The molecule has 6 N–H and O–H groups in total. The van der Waals surface area contributed by atoms with E-state index in [1.165, 1.54) is 27.6 Å². The van der Waals surface area contributed by atoms with E-state index in [0.29, 0.717) is 31.3 Å². The summed E-state index contributed by atoms with van der Waals surface area (Å²) in [4.78, 5) is 15.4. The van der Waals surface area contributed by atoms with Crippen molar-refractivity contribution in [1.82, 2.24) is 25.8 Å². The van der Waals surface area contributed by atoms with Gasteiger partial charge in [0.1, 0.15) is 11.7 Å². The average molecular weight is 582 g/mol. The second-order valence-corrected chi connectivity index (χ2v) is 10.7. The minimum Gasteiger partial charge on any atom is -0.361 e. The zero-order valence-electron chi connectivity index (χ0n) is 25.7. The highest BCUT2D eigenvalue weighted by Crippen LogP contribution is 2.15. The smallest absolute Gasteiger partial charge is 0.207 e. The van der Waals surface area contributed by atoms with E-state index < -0.39 is 0 Å². The summed E-state index contributed by atoms with van der Waals surface area (Å²) in [6.45, 7) is 10.4. The van der Waals surface area contributed by atoms with Gasteiger partial charge in [-0.15, -0.1) is 0 Å². The Morgan fingerprint density at radius 2 is 1.63 bits per heavy atom. The van der Waals surface area contributed by atoms with Crippen molar-refractivity contribution in [3.05, 3.63) is 107 Å². The molecule has 1 atom stereocenters. The van der Waals surface area contributed by atoms with Gasteiger partial charge in [0.25, 0.3) is 0 Å². The van der Waals surface area contributed by atoms with E-state index in [-0.39, 0.29) is 12.4 Å². The average Bonchev–Trinajstić information content (AvgIpc) is 3.43. The molecule has 5 rings (SSSR count). The van der Waals surface area contributed by atoms with Crippen LogP contribution in [-0.2, 0) is 24.2 Å². The molecular formula is C35H47N7O. The maximum atomic E-state index is 10.6. The highest BCUT2D eigenvalue weighted by atomic mass is 16.1. The van der Waals surface area contributed by atoms with Gasteiger partial charge >= 0.3 is 0 Å². The second-order valence-electron chi connectivity index (χ2n) is 10.7. The van der Waals surface area contributed by atoms with E-state index in [1.54, 1.807) is 4.90 Å². The molecule has 0 saturated carbocycles. The zero-order valence-corrected chi connectivity index (χ0v) is 25.7. The number of rotatable bonds is 9. The highest BCUT2D eigenvalue weighted by molar-refractivity contribution is 5.99. The molecule has 1 aromatic heterocycles. The number of para-hydroxylation sites is 1. The van der Waals surface area contributed by atoms with Crippen LogP contribution in [0, 0.1) is 17.7 Å². The Balaban J connectivity index is 0.000000238. The van der Waals surface area contributed by atoms with Crippen LogP contribution >= 0.6 is 0 Å². The number of H-pyrrole nitrogens is 1. The number of aryl methyl sites for hydroxylation is 3. The predicted molar refractivity (Wildman–Crippen MR) is 179 cm³/mol. The zero-order chi connectivity index (χ0) is 30.9. The molecule has 43 heavy (non-hydrogen) atoms. The van der Waals surface area contributed by atoms with Crippen molar-refractivity contribution in [2.24, 2.45) is 0 Å². The summed E-state index contributed by atoms with van der Waals surface area (Å²) in [7, 11) is 0. The molecule has 0 aliphatic carbocycles. The van der Waals surface area contributed by atoms with Gasteiger partial charge in [-0.25, -0.2) is 0 Å². The maximum absolute atomic E-state index is 10.6. The van der Waals surface area contributed by atoms with Crippen molar-refractivity contribution >= 4 is 29.0 Å². The largest absolute Gasteiger partial charge is 0.361 e. The lowest BCUT2D eigenvalue weighted by Crippen LogP contribution is -2.46. The van der Waals surface area contributed by atoms with Crippen LogP contribution in [0.25, 0.3) is 10.9 Å². The first kappa shape index (κ1) is 33.2. The van der Waals surface area contributed by atoms with Gasteiger partial charge in [-0.2, -0.15) is 0 Å². The van der Waals surface area contributed by atoms with Gasteiger partial charge in [0.05, 0.1) is 13.1 Å². The van der Waals surface area contributed by atoms with Crippen molar-refractivity contribution in [2.45, 2.75) is 52.6 Å². The number of nitrogens with zero attached hydrogens (tertiary/aromatic N) is 1. The predicted octanol–water partition coefficient (Wildman–Crippen LogP) is 5.43. The molecule has 4 aromatic rings. The lowest BCUT2D eigenvalue weighted by molar-refractivity contribution is -0.109. The molecule has 0 bridgehead atoms. The van der Waals surface area contributed by atoms with Gasteiger partial charge in [0, 0.05) is 49.2 Å². The topological polar surface area (TPSA) is 120 Å². The summed E-state index contributed by atoms with van der Waals surface area (Å²) in [6.07, 6.45) is 4.89. The number of hydrogen-bond acceptors (Lipinski definition) is 5. The van der Waals surface area contributed by atoms with Gasteiger partial charge < -0.3 is 25.8 Å². The lowest BCUT2D eigenvalue weighted by Gasteiger charge is -2.26. The molecule has 3 aromatic carbocycles. The van der Waals surface area contributed by atoms with E-state index in [0.717, 1.165) is 38.0 Å². The molecular weight excluding hydrogens is 534 g/mol. The molecule has 1 unspecified atom stereocenters. The third kappa shape index (κ3) is 11.5. The third-order valence-electron chi connectivity index (χ3n) is 7.31. The second kappa shape index (κ2) is 18.3. The fourth-order valence-electron chi connectivity index (χ4n) is 4.71. The minimum absolute atomic E-state index is 0.115. The molecule has 2 heterocycles. The normalized spacial score (nSPS) is 14.0. The Labute approximate surface area is 256 Å². The molecule has 0 radical (unpaired) electrons. The molecule has 0 spiro atoms. The van der Waals surface area contributed by atoms with Crippen molar-refractivity contribution in [3.63, 3.8) is 0 Å². The number of aromatic nitrogens is 1. The number of fused-ring (bicyclic) bond motifs is 1. The van der Waals surface area contributed by atoms with Crippen LogP contribution in [0.5, 0.6) is 0 Å². The Morgan fingerprint density at radius 3 is 2.23 bits per heavy atom. The molecule has 1 saturated heterocycles. The van der Waals surface area contributed by atoms with Gasteiger partial charge in [-0.05, 0) is 55.0 Å². The fraction of sp³-hybridized carbons (Fsp3) is 0.343. The number of nitrogens with one attached hydrogen (secondary N) is 6. The van der Waals surface area contributed by atoms with Crippen molar-refractivity contribution in [3.8, 4) is 0 Å². The van der Waals surface area contributed by atoms with Crippen LogP contribution in [0.3, 0.4) is 0 Å². The molecule has 8 nitrogen and oxygen atoms in total. The van der Waals surface area contributed by atoms with E-state index in [1.807, 2.05) is 54.7 Å². The molecule has 1 aliphatic heterocycles. The monoisotopic (exact) mass is 581 g/mol. The Morgan fingerprint density at radius 1 is 0.930 bits per heavy atom. The summed E-state index contributed by atoms with van der Waals surface area (Å²) in [5.41, 5.74) is 6.01. The molecule has 1 fully saturated rings. The van der Waals surface area contributed by atoms with E-state index in [4.69, 9.17) is 10.8 Å². The van der Waals surface area contributed by atoms with Crippen LogP contribution in [0.1, 0.15) is 42.5 Å². The summed E-state index contributed by atoms with van der Waals surface area (Å²) in [6, 6.07) is 27.3. The van der Waals surface area contributed by atoms with Crippen molar-refractivity contribution in [2.75, 3.05) is 26.2 Å². The van der Waals surface area contributed by atoms with Gasteiger partial charge in [0.15, 0.2) is 0 Å². The maximum Gasteiger partial charge on any atom is 0.207 e. The van der Waals surface area contributed by atoms with Crippen LogP contribution in [0.4, 0.5) is 0 Å². The number of aromatic amines is 1. The first-order valence-corrected chi connectivity index (χ1v) is 15.1. The quantitative estimate of drug-likeness (QED) is 0.0897. The van der Waals surface area contributed by atoms with Crippen LogP contribution in [0.15, 0.2) is 85.1 Å². The molecule has 228 valence electrons. The number of hydrogen-bond donors (Lipinski definition) is 6. The van der Waals surface area contributed by atoms with E-state index in [9.17, 15) is 4.79 Å². The van der Waals surface area contributed by atoms with Gasteiger partial charge in [0.2, 0.25) is 6.41 Å². The number of amides is 1. The van der Waals surface area contributed by atoms with E-state index in [2.05, 4.69) is 72.0 Å². The highest BCUT2D eigenvalue weighted by Gasteiger charge is 2.16. The Hall–Kier alpha value is -4.27. The summed E-state index contributed by atoms with van der Waals surface area (Å²) < 4.78 is 0. The number of carbonyl (C=O) groups excluding carboxylic acids is 1. The Kier molecular flexibility index (Phi) is 14.1. The van der Waals surface area contributed by atoms with Crippen molar-refractivity contribution in [1.29, 1.82) is 10.8 Å². The first-order chi connectivity index (χ1) is 20.9.